The first kappa shape index (κ1) is 19.2. The summed E-state index contributed by atoms with van der Waals surface area (Å²) in [6.07, 6.45) is 1.18. The van der Waals surface area contributed by atoms with Gasteiger partial charge < -0.3 is 4.90 Å². The molecule has 0 unspecified atom stereocenters. The van der Waals surface area contributed by atoms with Crippen LogP contribution in [0.2, 0.25) is 5.02 Å². The Hall–Kier alpha value is -2.08. The molecule has 2 N–H and O–H groups in total. The summed E-state index contributed by atoms with van der Waals surface area (Å²) in [7, 11) is 0. The summed E-state index contributed by atoms with van der Waals surface area (Å²) in [5.41, 5.74) is 4.87. The lowest BCUT2D eigenvalue weighted by atomic mass is 9.91. The molecule has 1 aliphatic rings. The molecule has 0 aliphatic carbocycles. The van der Waals surface area contributed by atoms with Crippen LogP contribution in [-0.2, 0) is 9.59 Å². The van der Waals surface area contributed by atoms with Crippen molar-refractivity contribution in [3.8, 4) is 0 Å². The van der Waals surface area contributed by atoms with Crippen LogP contribution in [-0.4, -0.2) is 35.7 Å². The number of halogens is 1. The number of benzene rings is 1. The van der Waals surface area contributed by atoms with Gasteiger partial charge in [0.05, 0.1) is 0 Å². The van der Waals surface area contributed by atoms with Gasteiger partial charge in [-0.05, 0) is 37.1 Å². The van der Waals surface area contributed by atoms with Crippen molar-refractivity contribution in [1.82, 2.24) is 15.8 Å². The summed E-state index contributed by atoms with van der Waals surface area (Å²) < 4.78 is 0. The molecule has 1 fully saturated rings. The van der Waals surface area contributed by atoms with E-state index in [9.17, 15) is 14.4 Å². The van der Waals surface area contributed by atoms with Crippen LogP contribution in [0.5, 0.6) is 0 Å². The van der Waals surface area contributed by atoms with Gasteiger partial charge in [-0.3, -0.25) is 25.2 Å². The van der Waals surface area contributed by atoms with E-state index in [0.29, 0.717) is 36.5 Å². The molecular weight excluding hydrogens is 342 g/mol. The largest absolute Gasteiger partial charge is 0.342 e. The smallest absolute Gasteiger partial charge is 0.269 e. The van der Waals surface area contributed by atoms with Gasteiger partial charge in [0, 0.05) is 35.0 Å². The molecule has 3 amide bonds. The van der Waals surface area contributed by atoms with Crippen molar-refractivity contribution in [2.75, 3.05) is 13.1 Å². The number of nitrogens with one attached hydrogen (secondary N) is 2. The van der Waals surface area contributed by atoms with Crippen LogP contribution in [0.3, 0.4) is 0 Å². The Morgan fingerprint density at radius 3 is 2.12 bits per heavy atom. The monoisotopic (exact) mass is 365 g/mol. The van der Waals surface area contributed by atoms with Crippen molar-refractivity contribution in [2.24, 2.45) is 11.3 Å². The number of likely N-dealkylation sites (tertiary alicyclic amines) is 1. The number of piperidine rings is 1. The highest BCUT2D eigenvalue weighted by Gasteiger charge is 2.32. The highest BCUT2D eigenvalue weighted by Crippen LogP contribution is 2.23. The summed E-state index contributed by atoms with van der Waals surface area (Å²) in [5.74, 6) is -0.743. The molecule has 1 aromatic carbocycles. The molecule has 25 heavy (non-hydrogen) atoms. The predicted molar refractivity (Wildman–Crippen MR) is 95.8 cm³/mol. The lowest BCUT2D eigenvalue weighted by Crippen LogP contribution is -2.49. The van der Waals surface area contributed by atoms with Crippen molar-refractivity contribution in [3.63, 3.8) is 0 Å². The van der Waals surface area contributed by atoms with E-state index in [4.69, 9.17) is 11.6 Å². The average molecular weight is 366 g/mol. The summed E-state index contributed by atoms with van der Waals surface area (Å²) in [4.78, 5) is 38.2. The van der Waals surface area contributed by atoms with Crippen molar-refractivity contribution in [3.05, 3.63) is 34.9 Å². The first-order valence-electron chi connectivity index (χ1n) is 8.33. The highest BCUT2D eigenvalue weighted by atomic mass is 35.5. The molecule has 1 saturated heterocycles. The molecule has 2 rings (SSSR count). The number of carbonyl (C=O) groups excluding carboxylic acids is 3. The molecule has 1 aliphatic heterocycles. The molecule has 0 spiro atoms. The third kappa shape index (κ3) is 5.19. The number of hydrazine groups is 1. The van der Waals surface area contributed by atoms with Crippen LogP contribution in [0.4, 0.5) is 0 Å². The minimum absolute atomic E-state index is 0.0994. The molecule has 6 nitrogen and oxygen atoms in total. The minimum Gasteiger partial charge on any atom is -0.342 e. The van der Waals surface area contributed by atoms with E-state index in [1.54, 1.807) is 29.2 Å². The van der Waals surface area contributed by atoms with Gasteiger partial charge in [-0.1, -0.05) is 32.4 Å². The van der Waals surface area contributed by atoms with Gasteiger partial charge in [0.15, 0.2) is 0 Å². The molecular formula is C18H24ClN3O3. The average Bonchev–Trinajstić information content (AvgIpc) is 2.58. The molecule has 1 heterocycles. The van der Waals surface area contributed by atoms with E-state index in [1.807, 2.05) is 20.8 Å². The molecule has 0 atom stereocenters. The molecule has 0 saturated carbocycles. The van der Waals surface area contributed by atoms with Crippen molar-refractivity contribution >= 4 is 29.3 Å². The number of rotatable bonds is 2. The zero-order chi connectivity index (χ0) is 18.6. The molecule has 136 valence electrons. The van der Waals surface area contributed by atoms with E-state index in [2.05, 4.69) is 10.9 Å². The first-order valence-corrected chi connectivity index (χ1v) is 8.71. The lowest BCUT2D eigenvalue weighted by molar-refractivity contribution is -0.142. The van der Waals surface area contributed by atoms with Crippen molar-refractivity contribution < 1.29 is 14.4 Å². The number of amides is 3. The van der Waals surface area contributed by atoms with E-state index in [0.717, 1.165) is 0 Å². The summed E-state index contributed by atoms with van der Waals surface area (Å²) in [6.45, 7) is 6.78. The second-order valence-electron chi connectivity index (χ2n) is 7.27. The van der Waals surface area contributed by atoms with Gasteiger partial charge in [-0.2, -0.15) is 0 Å². The van der Waals surface area contributed by atoms with Gasteiger partial charge in [-0.15, -0.1) is 0 Å². The van der Waals surface area contributed by atoms with Gasteiger partial charge >= 0.3 is 0 Å². The fourth-order valence-electron chi connectivity index (χ4n) is 2.71. The Morgan fingerprint density at radius 2 is 1.60 bits per heavy atom. The van der Waals surface area contributed by atoms with Crippen LogP contribution in [0, 0.1) is 11.3 Å². The lowest BCUT2D eigenvalue weighted by Gasteiger charge is -2.35. The topological polar surface area (TPSA) is 78.5 Å². The van der Waals surface area contributed by atoms with E-state index >= 15 is 0 Å². The van der Waals surface area contributed by atoms with Crippen LogP contribution < -0.4 is 10.9 Å². The molecule has 0 aromatic heterocycles. The second kappa shape index (κ2) is 7.87. The van der Waals surface area contributed by atoms with Crippen molar-refractivity contribution in [2.45, 2.75) is 33.6 Å². The molecule has 7 heteroatoms. The van der Waals surface area contributed by atoms with E-state index in [1.165, 1.54) is 0 Å². The van der Waals surface area contributed by atoms with Gasteiger partial charge in [0.1, 0.15) is 0 Å². The Kier molecular flexibility index (Phi) is 6.06. The highest BCUT2D eigenvalue weighted by molar-refractivity contribution is 6.30. The maximum Gasteiger partial charge on any atom is 0.269 e. The van der Waals surface area contributed by atoms with Crippen LogP contribution >= 0.6 is 11.6 Å². The fraction of sp³-hybridized carbons (Fsp3) is 0.500. The Balaban J connectivity index is 1.80. The Morgan fingerprint density at radius 1 is 1.04 bits per heavy atom. The second-order valence-corrected chi connectivity index (χ2v) is 7.70. The Labute approximate surface area is 152 Å². The zero-order valence-electron chi connectivity index (χ0n) is 14.8. The standard InChI is InChI=1S/C18H24ClN3O3/c1-18(2,3)17(25)22-10-8-13(9-11-22)16(24)21-20-15(23)12-4-6-14(19)7-5-12/h4-7,13H,8-11H2,1-3H3,(H,20,23)(H,21,24). The summed E-state index contributed by atoms with van der Waals surface area (Å²) >= 11 is 5.78. The first-order chi connectivity index (χ1) is 11.7. The quantitative estimate of drug-likeness (QED) is 0.790. The molecule has 0 bridgehead atoms. The third-order valence-corrected chi connectivity index (χ3v) is 4.45. The van der Waals surface area contributed by atoms with E-state index in [-0.39, 0.29) is 17.7 Å². The third-order valence-electron chi connectivity index (χ3n) is 4.20. The minimum atomic E-state index is -0.415. The van der Waals surface area contributed by atoms with Crippen LogP contribution in [0.15, 0.2) is 24.3 Å². The van der Waals surface area contributed by atoms with E-state index < -0.39 is 11.3 Å². The molecule has 1 aromatic rings. The van der Waals surface area contributed by atoms with Gasteiger partial charge in [0.25, 0.3) is 5.91 Å². The van der Waals surface area contributed by atoms with Crippen molar-refractivity contribution in [1.29, 1.82) is 0 Å². The molecule has 0 radical (unpaired) electrons. The van der Waals surface area contributed by atoms with Gasteiger partial charge in [0.2, 0.25) is 11.8 Å². The number of hydrogen-bond acceptors (Lipinski definition) is 3. The summed E-state index contributed by atoms with van der Waals surface area (Å²) in [5, 5.41) is 0.539. The van der Waals surface area contributed by atoms with Crippen LogP contribution in [0.1, 0.15) is 44.0 Å². The van der Waals surface area contributed by atoms with Crippen LogP contribution in [0.25, 0.3) is 0 Å². The normalized spacial score (nSPS) is 15.6. The predicted octanol–water partition coefficient (Wildman–Crippen LogP) is 2.39. The SMILES string of the molecule is CC(C)(C)C(=O)N1CCC(C(=O)NNC(=O)c2ccc(Cl)cc2)CC1. The maximum atomic E-state index is 12.3. The number of hydrogen-bond donors (Lipinski definition) is 2. The number of carbonyl (C=O) groups is 3. The zero-order valence-corrected chi connectivity index (χ0v) is 15.5. The maximum absolute atomic E-state index is 12.3. The Bertz CT molecular complexity index is 645. The fourth-order valence-corrected chi connectivity index (χ4v) is 2.84. The van der Waals surface area contributed by atoms with Gasteiger partial charge in [-0.25, -0.2) is 0 Å². The number of nitrogens with zero attached hydrogens (tertiary/aromatic N) is 1. The summed E-state index contributed by atoms with van der Waals surface area (Å²) in [6, 6.07) is 6.39.